The molecular weight excluding hydrogens is 304 g/mol. The monoisotopic (exact) mass is 316 g/mol. The quantitative estimate of drug-likeness (QED) is 0.540. The normalized spacial score (nSPS) is 10.8. The van der Waals surface area contributed by atoms with Crippen molar-refractivity contribution >= 4 is 23.4 Å². The van der Waals surface area contributed by atoms with Gasteiger partial charge in [-0.05, 0) is 30.2 Å². The van der Waals surface area contributed by atoms with Gasteiger partial charge in [-0.3, -0.25) is 4.57 Å². The van der Waals surface area contributed by atoms with E-state index >= 15 is 0 Å². The summed E-state index contributed by atoms with van der Waals surface area (Å²) in [5, 5.41) is 9.58. The number of halogens is 1. The molecule has 0 N–H and O–H groups in total. The number of aromatic nitrogens is 4. The Balaban J connectivity index is 1.80. The lowest BCUT2D eigenvalue weighted by Gasteiger charge is -2.08. The van der Waals surface area contributed by atoms with E-state index < -0.39 is 0 Å². The molecular formula is C15H13ClN4S. The van der Waals surface area contributed by atoms with Crippen LogP contribution < -0.4 is 0 Å². The number of benzene rings is 1. The van der Waals surface area contributed by atoms with Crippen molar-refractivity contribution in [3.8, 4) is 5.69 Å². The first-order chi connectivity index (χ1) is 10.2. The fourth-order valence-corrected chi connectivity index (χ4v) is 2.93. The van der Waals surface area contributed by atoms with Crippen molar-refractivity contribution in [3.05, 3.63) is 65.2 Å². The summed E-state index contributed by atoms with van der Waals surface area (Å²) >= 11 is 7.41. The van der Waals surface area contributed by atoms with Crippen molar-refractivity contribution in [1.29, 1.82) is 0 Å². The maximum atomic E-state index is 5.79. The number of pyridine rings is 1. The van der Waals surface area contributed by atoms with Crippen LogP contribution in [0.1, 0.15) is 11.1 Å². The average molecular weight is 317 g/mol. The molecule has 0 aliphatic heterocycles. The van der Waals surface area contributed by atoms with E-state index in [4.69, 9.17) is 11.6 Å². The van der Waals surface area contributed by atoms with Gasteiger partial charge >= 0.3 is 0 Å². The Morgan fingerprint density at radius 2 is 2.05 bits per heavy atom. The van der Waals surface area contributed by atoms with E-state index in [1.165, 1.54) is 5.56 Å². The van der Waals surface area contributed by atoms with Crippen molar-refractivity contribution < 1.29 is 0 Å². The molecule has 1 aromatic carbocycles. The molecule has 2 heterocycles. The molecule has 0 amide bonds. The van der Waals surface area contributed by atoms with Gasteiger partial charge in [-0.2, -0.15) is 0 Å². The number of hydrogen-bond donors (Lipinski definition) is 0. The number of rotatable bonds is 4. The molecule has 0 atom stereocenters. The maximum Gasteiger partial charge on any atom is 0.195 e. The molecule has 2 aromatic heterocycles. The minimum atomic E-state index is 0.506. The molecule has 6 heteroatoms. The highest BCUT2D eigenvalue weighted by molar-refractivity contribution is 7.98. The molecule has 0 saturated carbocycles. The Morgan fingerprint density at radius 3 is 2.81 bits per heavy atom. The van der Waals surface area contributed by atoms with Crippen LogP contribution in [0, 0.1) is 6.92 Å². The van der Waals surface area contributed by atoms with Gasteiger partial charge in [-0.25, -0.2) is 4.98 Å². The van der Waals surface area contributed by atoms with Gasteiger partial charge in [0.15, 0.2) is 5.16 Å². The first kappa shape index (κ1) is 14.1. The van der Waals surface area contributed by atoms with Crippen molar-refractivity contribution in [1.82, 2.24) is 19.7 Å². The average Bonchev–Trinajstić information content (AvgIpc) is 2.95. The summed E-state index contributed by atoms with van der Waals surface area (Å²) in [5.74, 6) is 0.773. The van der Waals surface area contributed by atoms with E-state index in [1.54, 1.807) is 30.4 Å². The summed E-state index contributed by atoms with van der Waals surface area (Å²) in [5.41, 5.74) is 3.38. The zero-order valence-electron chi connectivity index (χ0n) is 11.4. The predicted molar refractivity (Wildman–Crippen MR) is 84.9 cm³/mol. The van der Waals surface area contributed by atoms with E-state index in [9.17, 15) is 0 Å². The Kier molecular flexibility index (Phi) is 4.22. The van der Waals surface area contributed by atoms with Gasteiger partial charge in [0, 0.05) is 11.9 Å². The molecule has 106 valence electrons. The van der Waals surface area contributed by atoms with Crippen LogP contribution in [-0.4, -0.2) is 19.7 Å². The van der Waals surface area contributed by atoms with Crippen molar-refractivity contribution in [2.24, 2.45) is 0 Å². The fraction of sp³-hybridized carbons (Fsp3) is 0.133. The second-order valence-corrected chi connectivity index (χ2v) is 5.88. The summed E-state index contributed by atoms with van der Waals surface area (Å²) in [6, 6.07) is 11.9. The van der Waals surface area contributed by atoms with Gasteiger partial charge in [0.1, 0.15) is 11.5 Å². The molecule has 0 aliphatic rings. The molecule has 3 aromatic rings. The second kappa shape index (κ2) is 6.28. The van der Waals surface area contributed by atoms with Crippen LogP contribution in [-0.2, 0) is 5.75 Å². The van der Waals surface area contributed by atoms with Crippen LogP contribution in [0.15, 0.2) is 54.1 Å². The van der Waals surface area contributed by atoms with Gasteiger partial charge < -0.3 is 0 Å². The highest BCUT2D eigenvalue weighted by Gasteiger charge is 2.09. The van der Waals surface area contributed by atoms with E-state index in [1.807, 2.05) is 22.8 Å². The Bertz CT molecular complexity index is 739. The molecule has 4 nitrogen and oxygen atoms in total. The number of nitrogens with zero attached hydrogens (tertiary/aromatic N) is 4. The predicted octanol–water partition coefficient (Wildman–Crippen LogP) is 3.92. The van der Waals surface area contributed by atoms with Gasteiger partial charge in [0.2, 0.25) is 0 Å². The highest BCUT2D eigenvalue weighted by Crippen LogP contribution is 2.24. The molecule has 21 heavy (non-hydrogen) atoms. The van der Waals surface area contributed by atoms with E-state index in [0.29, 0.717) is 5.15 Å². The summed E-state index contributed by atoms with van der Waals surface area (Å²) in [6.07, 6.45) is 3.52. The third-order valence-corrected chi connectivity index (χ3v) is 4.29. The lowest BCUT2D eigenvalue weighted by Crippen LogP contribution is -1.97. The van der Waals surface area contributed by atoms with Crippen LogP contribution in [0.5, 0.6) is 0 Å². The summed E-state index contributed by atoms with van der Waals surface area (Å²) in [7, 11) is 0. The number of thioether (sulfide) groups is 1. The Morgan fingerprint density at radius 1 is 1.19 bits per heavy atom. The standard InChI is InChI=1S/C15H13ClN4S/c1-11-4-2-3-5-13(11)20-10-18-19-15(20)21-9-12-6-7-14(16)17-8-12/h2-8,10H,9H2,1H3. The molecule has 3 rings (SSSR count). The van der Waals surface area contributed by atoms with Gasteiger partial charge in [0.05, 0.1) is 5.69 Å². The van der Waals surface area contributed by atoms with Crippen LogP contribution >= 0.6 is 23.4 Å². The molecule has 0 saturated heterocycles. The molecule has 0 spiro atoms. The Labute approximate surface area is 132 Å². The zero-order valence-corrected chi connectivity index (χ0v) is 13.0. The fourth-order valence-electron chi connectivity index (χ4n) is 1.96. The maximum absolute atomic E-state index is 5.79. The van der Waals surface area contributed by atoms with E-state index in [-0.39, 0.29) is 0 Å². The highest BCUT2D eigenvalue weighted by atomic mass is 35.5. The summed E-state index contributed by atoms with van der Waals surface area (Å²) in [4.78, 5) is 4.08. The molecule has 0 radical (unpaired) electrons. The van der Waals surface area contributed by atoms with Gasteiger partial charge in [-0.1, -0.05) is 47.6 Å². The molecule has 0 bridgehead atoms. The smallest absolute Gasteiger partial charge is 0.195 e. The third-order valence-electron chi connectivity index (χ3n) is 3.05. The minimum absolute atomic E-state index is 0.506. The van der Waals surface area contributed by atoms with Crippen LogP contribution in [0.3, 0.4) is 0 Å². The minimum Gasteiger partial charge on any atom is -0.276 e. The van der Waals surface area contributed by atoms with Gasteiger partial charge in [0.25, 0.3) is 0 Å². The lowest BCUT2D eigenvalue weighted by atomic mass is 10.2. The molecule has 0 unspecified atom stereocenters. The van der Waals surface area contributed by atoms with Crippen molar-refractivity contribution in [2.75, 3.05) is 0 Å². The molecule has 0 aliphatic carbocycles. The summed E-state index contributed by atoms with van der Waals surface area (Å²) in [6.45, 7) is 2.08. The number of aryl methyl sites for hydroxylation is 1. The second-order valence-electron chi connectivity index (χ2n) is 4.55. The zero-order chi connectivity index (χ0) is 14.7. The van der Waals surface area contributed by atoms with Crippen LogP contribution in [0.2, 0.25) is 5.15 Å². The third kappa shape index (κ3) is 3.25. The first-order valence-corrected chi connectivity index (χ1v) is 7.79. The number of para-hydroxylation sites is 1. The SMILES string of the molecule is Cc1ccccc1-n1cnnc1SCc1ccc(Cl)nc1. The van der Waals surface area contributed by atoms with Gasteiger partial charge in [-0.15, -0.1) is 10.2 Å². The number of hydrogen-bond acceptors (Lipinski definition) is 4. The van der Waals surface area contributed by atoms with Crippen LogP contribution in [0.4, 0.5) is 0 Å². The molecule has 0 fully saturated rings. The van der Waals surface area contributed by atoms with Crippen molar-refractivity contribution in [2.45, 2.75) is 17.8 Å². The largest absolute Gasteiger partial charge is 0.276 e. The van der Waals surface area contributed by atoms with Crippen LogP contribution in [0.25, 0.3) is 5.69 Å². The Hall–Kier alpha value is -1.85. The lowest BCUT2D eigenvalue weighted by molar-refractivity contribution is 0.878. The van der Waals surface area contributed by atoms with E-state index in [0.717, 1.165) is 22.2 Å². The van der Waals surface area contributed by atoms with Crippen molar-refractivity contribution in [3.63, 3.8) is 0 Å². The summed E-state index contributed by atoms with van der Waals surface area (Å²) < 4.78 is 2.00. The topological polar surface area (TPSA) is 43.6 Å². The van der Waals surface area contributed by atoms with E-state index in [2.05, 4.69) is 34.2 Å². The first-order valence-electron chi connectivity index (χ1n) is 6.43.